The highest BCUT2D eigenvalue weighted by atomic mass is 16.5. The molecule has 4 rings (SSSR count). The van der Waals surface area contributed by atoms with Gasteiger partial charge in [0.15, 0.2) is 11.6 Å². The van der Waals surface area contributed by atoms with Crippen molar-refractivity contribution in [1.82, 2.24) is 5.32 Å². The van der Waals surface area contributed by atoms with Gasteiger partial charge in [0.25, 0.3) is 0 Å². The zero-order chi connectivity index (χ0) is 18.8. The zero-order valence-corrected chi connectivity index (χ0v) is 15.5. The number of anilines is 1. The highest BCUT2D eigenvalue weighted by Crippen LogP contribution is 2.28. The molecule has 0 aromatic heterocycles. The molecule has 5 heteroatoms. The Balaban J connectivity index is 1.44. The van der Waals surface area contributed by atoms with Crippen LogP contribution in [0.25, 0.3) is 0 Å². The zero-order valence-electron chi connectivity index (χ0n) is 15.5. The molecule has 1 aromatic rings. The van der Waals surface area contributed by atoms with E-state index in [1.807, 2.05) is 42.6 Å². The molecule has 1 saturated heterocycles. The average Bonchev–Trinajstić information content (AvgIpc) is 3.38. The number of carbonyl (C=O) groups is 2. The van der Waals surface area contributed by atoms with Crippen LogP contribution < -0.4 is 10.2 Å². The Hall–Kier alpha value is -2.66. The summed E-state index contributed by atoms with van der Waals surface area (Å²) in [5, 5.41) is 3.21. The lowest BCUT2D eigenvalue weighted by Gasteiger charge is -2.28. The molecule has 1 aromatic carbocycles. The maximum atomic E-state index is 12.8. The van der Waals surface area contributed by atoms with Gasteiger partial charge in [0.1, 0.15) is 6.10 Å². The topological polar surface area (TPSA) is 58.6 Å². The Morgan fingerprint density at radius 2 is 1.85 bits per heavy atom. The summed E-state index contributed by atoms with van der Waals surface area (Å²) in [6.07, 6.45) is 9.44. The van der Waals surface area contributed by atoms with Gasteiger partial charge in [-0.2, -0.15) is 0 Å². The highest BCUT2D eigenvalue weighted by Gasteiger charge is 2.34. The lowest BCUT2D eigenvalue weighted by atomic mass is 9.87. The standard InChI is InChI=1S/C22H24N2O3/c1-27-22-18(9-6-16-10-11-23-21(16)22)20(26)14-19(25)15-4-7-17(8-5-15)24-12-2-3-13-24/h4-11,21-23H,2-3,12-14H2,1H3. The van der Waals surface area contributed by atoms with Crippen molar-refractivity contribution in [3.05, 3.63) is 65.4 Å². The third-order valence-corrected chi connectivity index (χ3v) is 5.53. The number of nitrogens with one attached hydrogen (secondary N) is 1. The number of hydrogen-bond donors (Lipinski definition) is 1. The van der Waals surface area contributed by atoms with Crippen molar-refractivity contribution in [1.29, 1.82) is 0 Å². The number of rotatable bonds is 6. The van der Waals surface area contributed by atoms with E-state index in [0.29, 0.717) is 11.1 Å². The van der Waals surface area contributed by atoms with Gasteiger partial charge in [0, 0.05) is 37.0 Å². The van der Waals surface area contributed by atoms with Crippen molar-refractivity contribution in [2.45, 2.75) is 31.4 Å². The molecule has 0 saturated carbocycles. The van der Waals surface area contributed by atoms with Crippen LogP contribution in [0, 0.1) is 0 Å². The molecule has 140 valence electrons. The molecular weight excluding hydrogens is 340 g/mol. The van der Waals surface area contributed by atoms with E-state index < -0.39 is 0 Å². The molecule has 2 atom stereocenters. The number of allylic oxidation sites excluding steroid dienone is 2. The number of ether oxygens (including phenoxy) is 1. The summed E-state index contributed by atoms with van der Waals surface area (Å²) in [5.41, 5.74) is 3.35. The van der Waals surface area contributed by atoms with Crippen molar-refractivity contribution >= 4 is 17.3 Å². The van der Waals surface area contributed by atoms with Crippen LogP contribution in [0.3, 0.4) is 0 Å². The first-order valence-electron chi connectivity index (χ1n) is 9.46. The molecule has 0 radical (unpaired) electrons. The van der Waals surface area contributed by atoms with Crippen molar-refractivity contribution < 1.29 is 14.3 Å². The summed E-state index contributed by atoms with van der Waals surface area (Å²) in [6.45, 7) is 2.13. The number of nitrogens with zero attached hydrogens (tertiary/aromatic N) is 1. The second-order valence-corrected chi connectivity index (χ2v) is 7.19. The molecule has 0 bridgehead atoms. The van der Waals surface area contributed by atoms with Crippen molar-refractivity contribution in [3.63, 3.8) is 0 Å². The fourth-order valence-corrected chi connectivity index (χ4v) is 4.03. The Bertz CT molecular complexity index is 830. The van der Waals surface area contributed by atoms with E-state index in [-0.39, 0.29) is 30.1 Å². The lowest BCUT2D eigenvalue weighted by Crippen LogP contribution is -2.41. The fraction of sp³-hybridized carbons (Fsp3) is 0.364. The SMILES string of the molecule is COC1C(C(=O)CC(=O)c2ccc(N3CCCC3)cc2)=CC=C2C=CNC21. The number of hydrogen-bond acceptors (Lipinski definition) is 5. The normalized spacial score (nSPS) is 23.5. The molecule has 0 amide bonds. The Labute approximate surface area is 159 Å². The summed E-state index contributed by atoms with van der Waals surface area (Å²) >= 11 is 0. The summed E-state index contributed by atoms with van der Waals surface area (Å²) in [5.74, 6) is -0.338. The smallest absolute Gasteiger partial charge is 0.170 e. The van der Waals surface area contributed by atoms with Gasteiger partial charge < -0.3 is 15.0 Å². The molecule has 5 nitrogen and oxygen atoms in total. The van der Waals surface area contributed by atoms with Crippen LogP contribution in [-0.4, -0.2) is 43.9 Å². The number of Topliss-reactive ketones (excluding diaryl/α,β-unsaturated/α-hetero) is 2. The number of benzene rings is 1. The number of ketones is 2. The summed E-state index contributed by atoms with van der Waals surface area (Å²) in [6, 6.07) is 7.54. The maximum Gasteiger partial charge on any atom is 0.170 e. The van der Waals surface area contributed by atoms with Crippen LogP contribution >= 0.6 is 0 Å². The largest absolute Gasteiger partial charge is 0.381 e. The second kappa shape index (κ2) is 7.53. The third-order valence-electron chi connectivity index (χ3n) is 5.53. The number of fused-ring (bicyclic) bond motifs is 1. The molecule has 27 heavy (non-hydrogen) atoms. The minimum absolute atomic E-state index is 0.0613. The van der Waals surface area contributed by atoms with Crippen LogP contribution in [0.1, 0.15) is 29.6 Å². The van der Waals surface area contributed by atoms with E-state index in [0.717, 1.165) is 24.4 Å². The lowest BCUT2D eigenvalue weighted by molar-refractivity contribution is -0.116. The van der Waals surface area contributed by atoms with E-state index in [1.54, 1.807) is 13.2 Å². The van der Waals surface area contributed by atoms with Crippen LogP contribution in [-0.2, 0) is 9.53 Å². The van der Waals surface area contributed by atoms with E-state index in [1.165, 1.54) is 12.8 Å². The molecule has 1 aliphatic carbocycles. The van der Waals surface area contributed by atoms with Crippen LogP contribution in [0.5, 0.6) is 0 Å². The monoisotopic (exact) mass is 364 g/mol. The molecule has 2 aliphatic heterocycles. The van der Waals surface area contributed by atoms with Gasteiger partial charge in [-0.05, 0) is 55.0 Å². The van der Waals surface area contributed by atoms with E-state index >= 15 is 0 Å². The van der Waals surface area contributed by atoms with E-state index in [9.17, 15) is 9.59 Å². The van der Waals surface area contributed by atoms with Crippen molar-refractivity contribution in [3.8, 4) is 0 Å². The molecule has 0 spiro atoms. The minimum Gasteiger partial charge on any atom is -0.381 e. The first-order chi connectivity index (χ1) is 13.2. The van der Waals surface area contributed by atoms with Crippen LogP contribution in [0.4, 0.5) is 5.69 Å². The second-order valence-electron chi connectivity index (χ2n) is 7.19. The van der Waals surface area contributed by atoms with Crippen molar-refractivity contribution in [2.75, 3.05) is 25.1 Å². The van der Waals surface area contributed by atoms with E-state index in [4.69, 9.17) is 4.74 Å². The van der Waals surface area contributed by atoms with Gasteiger partial charge in [-0.25, -0.2) is 0 Å². The Kier molecular flexibility index (Phi) is 4.94. The highest BCUT2D eigenvalue weighted by molar-refractivity contribution is 6.14. The van der Waals surface area contributed by atoms with Gasteiger partial charge in [-0.15, -0.1) is 0 Å². The quantitative estimate of drug-likeness (QED) is 0.621. The molecular formula is C22H24N2O3. The first-order valence-corrected chi connectivity index (χ1v) is 9.46. The Morgan fingerprint density at radius 1 is 1.11 bits per heavy atom. The van der Waals surface area contributed by atoms with Gasteiger partial charge in [-0.3, -0.25) is 9.59 Å². The van der Waals surface area contributed by atoms with Gasteiger partial charge in [0.05, 0.1) is 12.5 Å². The molecule has 2 heterocycles. The predicted octanol–water partition coefficient (Wildman–Crippen LogP) is 2.80. The van der Waals surface area contributed by atoms with E-state index in [2.05, 4.69) is 10.2 Å². The predicted molar refractivity (Wildman–Crippen MR) is 105 cm³/mol. The van der Waals surface area contributed by atoms with Gasteiger partial charge in [-0.1, -0.05) is 12.2 Å². The van der Waals surface area contributed by atoms with Gasteiger partial charge in [0.2, 0.25) is 0 Å². The third kappa shape index (κ3) is 3.47. The molecule has 3 aliphatic rings. The van der Waals surface area contributed by atoms with Crippen LogP contribution in [0.15, 0.2) is 59.8 Å². The van der Waals surface area contributed by atoms with Crippen molar-refractivity contribution in [2.24, 2.45) is 0 Å². The first kappa shape index (κ1) is 17.7. The minimum atomic E-state index is -0.377. The number of methoxy groups -OCH3 is 1. The fourth-order valence-electron chi connectivity index (χ4n) is 4.03. The van der Waals surface area contributed by atoms with Crippen LogP contribution in [0.2, 0.25) is 0 Å². The summed E-state index contributed by atoms with van der Waals surface area (Å²) < 4.78 is 5.55. The summed E-state index contributed by atoms with van der Waals surface area (Å²) in [7, 11) is 1.59. The Morgan fingerprint density at radius 3 is 2.56 bits per heavy atom. The average molecular weight is 364 g/mol. The molecule has 1 N–H and O–H groups in total. The maximum absolute atomic E-state index is 12.8. The van der Waals surface area contributed by atoms with Gasteiger partial charge >= 0.3 is 0 Å². The molecule has 1 fully saturated rings. The summed E-state index contributed by atoms with van der Waals surface area (Å²) in [4.78, 5) is 27.7. The number of carbonyl (C=O) groups excluding carboxylic acids is 2. The molecule has 2 unspecified atom stereocenters.